The summed E-state index contributed by atoms with van der Waals surface area (Å²) in [6, 6.07) is -0.180. The van der Waals surface area contributed by atoms with E-state index in [-0.39, 0.29) is 18.7 Å². The fourth-order valence-corrected chi connectivity index (χ4v) is 1.71. The van der Waals surface area contributed by atoms with Crippen molar-refractivity contribution in [1.29, 1.82) is 0 Å². The van der Waals surface area contributed by atoms with Crippen molar-refractivity contribution in [1.82, 2.24) is 4.90 Å². The Kier molecular flexibility index (Phi) is 5.00. The summed E-state index contributed by atoms with van der Waals surface area (Å²) in [5, 5.41) is 9.30. The van der Waals surface area contributed by atoms with E-state index in [1.165, 1.54) is 0 Å². The van der Waals surface area contributed by atoms with Crippen molar-refractivity contribution < 1.29 is 14.6 Å². The zero-order valence-corrected chi connectivity index (χ0v) is 11.3. The molecular weight excluding hydrogens is 232 g/mol. The second-order valence-corrected chi connectivity index (χ2v) is 5.37. The van der Waals surface area contributed by atoms with E-state index in [2.05, 4.69) is 11.8 Å². The number of amides is 1. The van der Waals surface area contributed by atoms with Crippen LogP contribution in [0.1, 0.15) is 33.6 Å². The molecule has 1 amide bonds. The molecule has 0 radical (unpaired) electrons. The lowest BCUT2D eigenvalue weighted by atomic mass is 10.2. The minimum atomic E-state index is -0.828. The molecule has 1 unspecified atom stereocenters. The number of aliphatic hydroxyl groups is 1. The lowest BCUT2D eigenvalue weighted by Gasteiger charge is -2.26. The molecule has 1 aliphatic rings. The average molecular weight is 254 g/mol. The summed E-state index contributed by atoms with van der Waals surface area (Å²) in [5.41, 5.74) is 4.77. The number of rotatable bonds is 1. The van der Waals surface area contributed by atoms with Crippen molar-refractivity contribution in [3.8, 4) is 11.8 Å². The second kappa shape index (κ2) is 6.07. The van der Waals surface area contributed by atoms with E-state index in [9.17, 15) is 9.90 Å². The largest absolute Gasteiger partial charge is 0.444 e. The first-order valence-electron chi connectivity index (χ1n) is 6.22. The molecule has 1 aliphatic heterocycles. The highest BCUT2D eigenvalue weighted by Crippen LogP contribution is 2.20. The van der Waals surface area contributed by atoms with Crippen molar-refractivity contribution in [2.24, 2.45) is 5.73 Å². The molecule has 3 N–H and O–H groups in total. The third kappa shape index (κ3) is 4.55. The molecule has 0 aliphatic carbocycles. The summed E-state index contributed by atoms with van der Waals surface area (Å²) in [4.78, 5) is 13.5. The van der Waals surface area contributed by atoms with Crippen LogP contribution in [0.5, 0.6) is 0 Å². The molecule has 0 saturated carbocycles. The summed E-state index contributed by atoms with van der Waals surface area (Å²) >= 11 is 0. The zero-order valence-electron chi connectivity index (χ0n) is 11.3. The molecule has 2 atom stereocenters. The molecule has 1 rings (SSSR count). The Morgan fingerprint density at radius 3 is 2.83 bits per heavy atom. The van der Waals surface area contributed by atoms with E-state index >= 15 is 0 Å². The van der Waals surface area contributed by atoms with Gasteiger partial charge < -0.3 is 15.6 Å². The molecule has 1 saturated heterocycles. The van der Waals surface area contributed by atoms with Gasteiger partial charge in [-0.1, -0.05) is 11.8 Å². The number of carbonyl (C=O) groups excluding carboxylic acids is 1. The summed E-state index contributed by atoms with van der Waals surface area (Å²) in [6.45, 7) is 6.25. The first-order chi connectivity index (χ1) is 8.33. The number of nitrogens with two attached hydrogens (primary N) is 1. The van der Waals surface area contributed by atoms with Gasteiger partial charge in [-0.3, -0.25) is 4.90 Å². The maximum Gasteiger partial charge on any atom is 0.411 e. The second-order valence-electron chi connectivity index (χ2n) is 5.37. The number of carbonyl (C=O) groups is 1. The molecule has 5 nitrogen and oxygen atoms in total. The minimum Gasteiger partial charge on any atom is -0.444 e. The van der Waals surface area contributed by atoms with Gasteiger partial charge in [0.1, 0.15) is 11.7 Å². The van der Waals surface area contributed by atoms with Gasteiger partial charge in [0.25, 0.3) is 0 Å². The van der Waals surface area contributed by atoms with Gasteiger partial charge in [0.2, 0.25) is 0 Å². The van der Waals surface area contributed by atoms with E-state index in [1.807, 2.05) is 20.8 Å². The van der Waals surface area contributed by atoms with Crippen molar-refractivity contribution >= 4 is 6.09 Å². The summed E-state index contributed by atoms with van der Waals surface area (Å²) in [6.07, 6.45) is 0.536. The Morgan fingerprint density at radius 1 is 1.61 bits per heavy atom. The highest BCUT2D eigenvalue weighted by atomic mass is 16.6. The van der Waals surface area contributed by atoms with Crippen LogP contribution in [0.4, 0.5) is 4.79 Å². The average Bonchev–Trinajstić information content (AvgIpc) is 2.71. The van der Waals surface area contributed by atoms with E-state index in [0.717, 1.165) is 12.8 Å². The van der Waals surface area contributed by atoms with Gasteiger partial charge in [0.05, 0.1) is 6.04 Å². The maximum atomic E-state index is 11.9. The number of hydrogen-bond donors (Lipinski definition) is 2. The van der Waals surface area contributed by atoms with Crippen LogP contribution in [0, 0.1) is 11.8 Å². The molecule has 0 aromatic rings. The molecule has 1 heterocycles. The fraction of sp³-hybridized carbons (Fsp3) is 0.769. The predicted molar refractivity (Wildman–Crippen MR) is 68.8 cm³/mol. The molecule has 1 fully saturated rings. The first-order valence-corrected chi connectivity index (χ1v) is 6.22. The Bertz CT molecular complexity index is 351. The Labute approximate surface area is 108 Å². The van der Waals surface area contributed by atoms with Crippen molar-refractivity contribution in [2.45, 2.75) is 51.4 Å². The SMILES string of the molecule is CC(C)(C)OC(=O)N1CCC[C@@H]1C#CC(O)CN. The molecule has 102 valence electrons. The van der Waals surface area contributed by atoms with Gasteiger partial charge in [0, 0.05) is 13.1 Å². The Hall–Kier alpha value is -1.25. The van der Waals surface area contributed by atoms with Crippen LogP contribution in [-0.4, -0.2) is 46.9 Å². The van der Waals surface area contributed by atoms with Gasteiger partial charge in [-0.2, -0.15) is 0 Å². The van der Waals surface area contributed by atoms with Crippen molar-refractivity contribution in [3.05, 3.63) is 0 Å². The van der Waals surface area contributed by atoms with Crippen LogP contribution in [0.2, 0.25) is 0 Å². The van der Waals surface area contributed by atoms with Crippen LogP contribution in [0.15, 0.2) is 0 Å². The van der Waals surface area contributed by atoms with Crippen molar-refractivity contribution in [2.75, 3.05) is 13.1 Å². The van der Waals surface area contributed by atoms with Crippen LogP contribution >= 0.6 is 0 Å². The molecule has 0 aromatic heterocycles. The van der Waals surface area contributed by atoms with Crippen LogP contribution in [0.3, 0.4) is 0 Å². The molecule has 0 aromatic carbocycles. The monoisotopic (exact) mass is 254 g/mol. The lowest BCUT2D eigenvalue weighted by Crippen LogP contribution is -2.39. The van der Waals surface area contributed by atoms with Gasteiger partial charge >= 0.3 is 6.09 Å². The third-order valence-corrected chi connectivity index (χ3v) is 2.52. The van der Waals surface area contributed by atoms with Crippen molar-refractivity contribution in [3.63, 3.8) is 0 Å². The molecular formula is C13H22N2O3. The quantitative estimate of drug-likeness (QED) is 0.676. The van der Waals surface area contributed by atoms with Crippen LogP contribution in [-0.2, 0) is 4.74 Å². The summed E-state index contributed by atoms with van der Waals surface area (Å²) < 4.78 is 5.32. The van der Waals surface area contributed by atoms with Gasteiger partial charge in [-0.05, 0) is 33.6 Å². The van der Waals surface area contributed by atoms with Crippen LogP contribution < -0.4 is 5.73 Å². The molecule has 18 heavy (non-hydrogen) atoms. The summed E-state index contributed by atoms with van der Waals surface area (Å²) in [7, 11) is 0. The third-order valence-electron chi connectivity index (χ3n) is 2.52. The number of aliphatic hydroxyl groups excluding tert-OH is 1. The standard InChI is InChI=1S/C13H22N2O3/c1-13(2,3)18-12(17)15-8-4-5-10(15)6-7-11(16)9-14/h10-11,16H,4-5,8-9,14H2,1-3H3/t10-,11?/m1/s1. The van der Waals surface area contributed by atoms with E-state index in [1.54, 1.807) is 4.90 Å². The van der Waals surface area contributed by atoms with E-state index < -0.39 is 11.7 Å². The highest BCUT2D eigenvalue weighted by molar-refractivity contribution is 5.69. The molecule has 5 heteroatoms. The minimum absolute atomic E-state index is 0.103. The normalized spacial score (nSPS) is 21.2. The van der Waals surface area contributed by atoms with E-state index in [0.29, 0.717) is 6.54 Å². The maximum absolute atomic E-state index is 11.9. The topological polar surface area (TPSA) is 75.8 Å². The van der Waals surface area contributed by atoms with E-state index in [4.69, 9.17) is 10.5 Å². The molecule has 0 spiro atoms. The smallest absolute Gasteiger partial charge is 0.411 e. The number of likely N-dealkylation sites (tertiary alicyclic amines) is 1. The van der Waals surface area contributed by atoms with Gasteiger partial charge in [0.15, 0.2) is 0 Å². The highest BCUT2D eigenvalue weighted by Gasteiger charge is 2.31. The number of nitrogens with zero attached hydrogens (tertiary/aromatic N) is 1. The molecule has 0 bridgehead atoms. The predicted octanol–water partition coefficient (Wildman–Crippen LogP) is 0.709. The number of ether oxygens (including phenoxy) is 1. The number of hydrogen-bond acceptors (Lipinski definition) is 4. The van der Waals surface area contributed by atoms with Crippen LogP contribution in [0.25, 0.3) is 0 Å². The zero-order chi connectivity index (χ0) is 13.8. The summed E-state index contributed by atoms with van der Waals surface area (Å²) in [5.74, 6) is 5.55. The van der Waals surface area contributed by atoms with Gasteiger partial charge in [-0.15, -0.1) is 0 Å². The fourth-order valence-electron chi connectivity index (χ4n) is 1.71. The first kappa shape index (κ1) is 14.8. The Balaban J connectivity index is 2.64. The lowest BCUT2D eigenvalue weighted by molar-refractivity contribution is 0.0260. The Morgan fingerprint density at radius 2 is 2.28 bits per heavy atom. The van der Waals surface area contributed by atoms with Gasteiger partial charge in [-0.25, -0.2) is 4.79 Å².